The first-order valence-electron chi connectivity index (χ1n) is 11.4. The molecular weight excluding hydrogens is 512 g/mol. The number of carboxylic acids is 1. The lowest BCUT2D eigenvalue weighted by Gasteiger charge is -2.24. The van der Waals surface area contributed by atoms with Crippen LogP contribution in [-0.2, 0) is 4.79 Å². The van der Waals surface area contributed by atoms with E-state index < -0.39 is 11.9 Å². The van der Waals surface area contributed by atoms with E-state index in [1.807, 2.05) is 36.4 Å². The van der Waals surface area contributed by atoms with Crippen LogP contribution in [0.5, 0.6) is 5.88 Å². The maximum absolute atomic E-state index is 11.4. The van der Waals surface area contributed by atoms with Crippen LogP contribution in [-0.4, -0.2) is 49.9 Å². The van der Waals surface area contributed by atoms with Gasteiger partial charge in [-0.2, -0.15) is 14.6 Å². The molecule has 1 saturated heterocycles. The average molecular weight is 537 g/mol. The number of halogens is 1. The van der Waals surface area contributed by atoms with E-state index in [4.69, 9.17) is 15.5 Å². The van der Waals surface area contributed by atoms with Crippen LogP contribution >= 0.6 is 15.9 Å². The number of hydrogen-bond donors (Lipinski definition) is 3. The summed E-state index contributed by atoms with van der Waals surface area (Å²) >= 11 is 3.52. The van der Waals surface area contributed by atoms with Gasteiger partial charge in [0.15, 0.2) is 5.65 Å². The summed E-state index contributed by atoms with van der Waals surface area (Å²) in [6.07, 6.45) is 5.36. The molecule has 4 aromatic rings. The minimum Gasteiger partial charge on any atom is -0.481 e. The molecule has 1 aliphatic rings. The highest BCUT2D eigenvalue weighted by Gasteiger charge is 2.21. The molecule has 0 spiro atoms. The largest absolute Gasteiger partial charge is 0.481 e. The van der Waals surface area contributed by atoms with Crippen molar-refractivity contribution in [3.63, 3.8) is 0 Å². The fourth-order valence-electron chi connectivity index (χ4n) is 4.16. The smallest absolute Gasteiger partial charge is 0.310 e. The number of carboxylic acid groups (broad SMARTS) is 1. The van der Waals surface area contributed by atoms with Gasteiger partial charge in [0.2, 0.25) is 5.88 Å². The molecule has 0 saturated carbocycles. The number of pyridine rings is 1. The maximum atomic E-state index is 11.4. The molecule has 0 radical (unpaired) electrons. The van der Waals surface area contributed by atoms with E-state index in [9.17, 15) is 9.90 Å². The summed E-state index contributed by atoms with van der Waals surface area (Å²) in [5.74, 6) is -0.581. The number of benzene rings is 1. The molecule has 180 valence electrons. The number of aliphatic carboxylic acids is 1. The van der Waals surface area contributed by atoms with Gasteiger partial charge in [-0.3, -0.25) is 9.78 Å². The molecule has 10 heteroatoms. The lowest BCUT2D eigenvalue weighted by atomic mass is 9.98. The Morgan fingerprint density at radius 2 is 2.03 bits per heavy atom. The second-order valence-electron chi connectivity index (χ2n) is 8.59. The second-order valence-corrected chi connectivity index (χ2v) is 9.39. The van der Waals surface area contributed by atoms with E-state index in [2.05, 4.69) is 31.3 Å². The molecule has 9 nitrogen and oxygen atoms in total. The SMILES string of the molecule is C[C@@H](C(=O)O)c1cccc(-c2ccc(-c3cnn4c(N)c(Br)c(OC5CCNCC5)nc34)cn2)c1. The molecule has 0 unspecified atom stereocenters. The highest BCUT2D eigenvalue weighted by atomic mass is 79.9. The third kappa shape index (κ3) is 4.59. The summed E-state index contributed by atoms with van der Waals surface area (Å²) in [6, 6.07) is 11.3. The molecule has 0 aliphatic carbocycles. The van der Waals surface area contributed by atoms with E-state index in [0.29, 0.717) is 21.8 Å². The van der Waals surface area contributed by atoms with Gasteiger partial charge < -0.3 is 20.9 Å². The number of nitrogens with two attached hydrogens (primary N) is 1. The number of nitrogens with one attached hydrogen (secondary N) is 1. The Morgan fingerprint density at radius 1 is 1.23 bits per heavy atom. The first kappa shape index (κ1) is 23.3. The Kier molecular flexibility index (Phi) is 6.40. The van der Waals surface area contributed by atoms with Gasteiger partial charge in [0.1, 0.15) is 16.4 Å². The van der Waals surface area contributed by atoms with Gasteiger partial charge in [-0.15, -0.1) is 0 Å². The lowest BCUT2D eigenvalue weighted by molar-refractivity contribution is -0.138. The Labute approximate surface area is 210 Å². The van der Waals surface area contributed by atoms with Gasteiger partial charge in [-0.1, -0.05) is 24.3 Å². The van der Waals surface area contributed by atoms with E-state index >= 15 is 0 Å². The van der Waals surface area contributed by atoms with Gasteiger partial charge >= 0.3 is 5.97 Å². The molecule has 0 bridgehead atoms. The highest BCUT2D eigenvalue weighted by Crippen LogP contribution is 2.35. The molecule has 3 aromatic heterocycles. The summed E-state index contributed by atoms with van der Waals surface area (Å²) < 4.78 is 8.35. The molecule has 0 amide bonds. The molecule has 1 atom stereocenters. The quantitative estimate of drug-likeness (QED) is 0.335. The van der Waals surface area contributed by atoms with Crippen molar-refractivity contribution < 1.29 is 14.6 Å². The number of piperidine rings is 1. The van der Waals surface area contributed by atoms with Gasteiger partial charge in [0.25, 0.3) is 0 Å². The van der Waals surface area contributed by atoms with Crippen LogP contribution in [0, 0.1) is 0 Å². The third-order valence-corrected chi connectivity index (χ3v) is 7.03. The highest BCUT2D eigenvalue weighted by molar-refractivity contribution is 9.10. The number of nitrogens with zero attached hydrogens (tertiary/aromatic N) is 4. The number of nitrogen functional groups attached to an aromatic ring is 1. The van der Waals surface area contributed by atoms with Crippen LogP contribution in [0.4, 0.5) is 5.82 Å². The van der Waals surface area contributed by atoms with Crippen LogP contribution in [0.1, 0.15) is 31.2 Å². The van der Waals surface area contributed by atoms with Crippen LogP contribution in [0.2, 0.25) is 0 Å². The van der Waals surface area contributed by atoms with E-state index in [0.717, 1.165) is 53.9 Å². The van der Waals surface area contributed by atoms with Gasteiger partial charge in [-0.25, -0.2) is 0 Å². The normalized spacial score (nSPS) is 15.3. The molecule has 1 aliphatic heterocycles. The van der Waals surface area contributed by atoms with Crippen molar-refractivity contribution in [3.8, 4) is 28.3 Å². The van der Waals surface area contributed by atoms with Crippen molar-refractivity contribution in [1.29, 1.82) is 0 Å². The summed E-state index contributed by atoms with van der Waals surface area (Å²) in [5, 5.41) is 17.1. The van der Waals surface area contributed by atoms with Crippen molar-refractivity contribution in [3.05, 3.63) is 58.8 Å². The zero-order chi connectivity index (χ0) is 24.5. The van der Waals surface area contributed by atoms with Crippen LogP contribution < -0.4 is 15.8 Å². The Bertz CT molecular complexity index is 1380. The Morgan fingerprint density at radius 3 is 2.74 bits per heavy atom. The fourth-order valence-corrected chi connectivity index (χ4v) is 4.51. The van der Waals surface area contributed by atoms with Crippen molar-refractivity contribution >= 4 is 33.4 Å². The standard InChI is InChI=1S/C25H25BrN6O3/c1-14(25(33)34)15-3-2-4-16(11-15)20-6-5-17(12-29-20)19-13-30-32-22(27)21(26)24(31-23(19)32)35-18-7-9-28-10-8-18/h2-6,11-14,18,28H,7-10,27H2,1H3,(H,33,34)/t14-/m1/s1. The Hall–Kier alpha value is -3.50. The second kappa shape index (κ2) is 9.63. The number of rotatable bonds is 6. The molecular formula is C25H25BrN6O3. The maximum Gasteiger partial charge on any atom is 0.310 e. The summed E-state index contributed by atoms with van der Waals surface area (Å²) in [6.45, 7) is 3.49. The minimum atomic E-state index is -0.861. The monoisotopic (exact) mass is 536 g/mol. The predicted octanol–water partition coefficient (Wildman–Crippen LogP) is 4.12. The first-order valence-corrected chi connectivity index (χ1v) is 12.2. The molecule has 5 rings (SSSR count). The van der Waals surface area contributed by atoms with E-state index in [-0.39, 0.29) is 6.10 Å². The van der Waals surface area contributed by atoms with E-state index in [1.54, 1.807) is 23.8 Å². The number of fused-ring (bicyclic) bond motifs is 1. The minimum absolute atomic E-state index is 0.0776. The Balaban J connectivity index is 1.47. The topological polar surface area (TPSA) is 128 Å². The number of anilines is 1. The zero-order valence-corrected chi connectivity index (χ0v) is 20.7. The van der Waals surface area contributed by atoms with Crippen molar-refractivity contribution in [2.24, 2.45) is 0 Å². The van der Waals surface area contributed by atoms with Crippen molar-refractivity contribution in [2.45, 2.75) is 31.8 Å². The van der Waals surface area contributed by atoms with Crippen molar-refractivity contribution in [2.75, 3.05) is 18.8 Å². The average Bonchev–Trinajstić information content (AvgIpc) is 3.31. The first-order chi connectivity index (χ1) is 16.9. The van der Waals surface area contributed by atoms with Gasteiger partial charge in [-0.05, 0) is 66.5 Å². The third-order valence-electron chi connectivity index (χ3n) is 6.28. The fraction of sp³-hybridized carbons (Fsp3) is 0.280. The number of carbonyl (C=O) groups is 1. The molecule has 4 heterocycles. The van der Waals surface area contributed by atoms with Crippen LogP contribution in [0.25, 0.3) is 28.0 Å². The zero-order valence-electron chi connectivity index (χ0n) is 19.1. The lowest BCUT2D eigenvalue weighted by Crippen LogP contribution is -2.34. The van der Waals surface area contributed by atoms with Gasteiger partial charge in [0.05, 0.1) is 17.8 Å². The molecule has 1 fully saturated rings. The number of aromatic nitrogens is 4. The molecule has 4 N–H and O–H groups in total. The van der Waals surface area contributed by atoms with E-state index in [1.165, 1.54) is 0 Å². The summed E-state index contributed by atoms with van der Waals surface area (Å²) in [5.41, 5.74) is 10.9. The predicted molar refractivity (Wildman–Crippen MR) is 136 cm³/mol. The summed E-state index contributed by atoms with van der Waals surface area (Å²) in [4.78, 5) is 20.7. The molecule has 35 heavy (non-hydrogen) atoms. The molecule has 1 aromatic carbocycles. The van der Waals surface area contributed by atoms with Crippen molar-refractivity contribution in [1.82, 2.24) is 24.9 Å². The number of hydrogen-bond acceptors (Lipinski definition) is 7. The summed E-state index contributed by atoms with van der Waals surface area (Å²) in [7, 11) is 0. The van der Waals surface area contributed by atoms with Crippen LogP contribution in [0.15, 0.2) is 53.3 Å². The van der Waals surface area contributed by atoms with Gasteiger partial charge in [0, 0.05) is 22.9 Å². The number of ether oxygens (including phenoxy) is 1. The van der Waals surface area contributed by atoms with Crippen LogP contribution in [0.3, 0.4) is 0 Å².